The molecule has 0 aliphatic heterocycles. The number of hydrogen-bond acceptors (Lipinski definition) is 8. The average Bonchev–Trinajstić information content (AvgIpc) is 3.23. The Labute approximate surface area is 137 Å². The molecular formula is C15H18N4O5. The van der Waals surface area contributed by atoms with Gasteiger partial charge in [-0.05, 0) is 12.8 Å². The quantitative estimate of drug-likeness (QED) is 0.652. The highest BCUT2D eigenvalue weighted by Gasteiger charge is 2.37. The third-order valence-corrected chi connectivity index (χ3v) is 4.30. The van der Waals surface area contributed by atoms with Crippen molar-refractivity contribution in [1.29, 1.82) is 0 Å². The van der Waals surface area contributed by atoms with E-state index in [4.69, 9.17) is 19.7 Å². The number of ether oxygens (including phenoxy) is 2. The molecule has 24 heavy (non-hydrogen) atoms. The molecule has 1 fully saturated rings. The summed E-state index contributed by atoms with van der Waals surface area (Å²) in [6, 6.07) is 2.72. The molecule has 1 aromatic carbocycles. The first-order valence-electron chi connectivity index (χ1n) is 7.52. The summed E-state index contributed by atoms with van der Waals surface area (Å²) in [6.45, 7) is 0. The number of methoxy groups -OCH3 is 2. The first-order chi connectivity index (χ1) is 11.5. The highest BCUT2D eigenvalue weighted by molar-refractivity contribution is 5.72. The molecular weight excluding hydrogens is 316 g/mol. The van der Waals surface area contributed by atoms with Gasteiger partial charge in [0.25, 0.3) is 11.6 Å². The number of nitro benzene ring substituents is 1. The summed E-state index contributed by atoms with van der Waals surface area (Å²) in [5, 5.41) is 15.3. The summed E-state index contributed by atoms with van der Waals surface area (Å²) in [4.78, 5) is 15.2. The van der Waals surface area contributed by atoms with Gasteiger partial charge < -0.3 is 19.7 Å². The maximum absolute atomic E-state index is 11.4. The van der Waals surface area contributed by atoms with E-state index in [1.165, 1.54) is 26.4 Å². The van der Waals surface area contributed by atoms with Crippen molar-refractivity contribution in [1.82, 2.24) is 10.1 Å². The Morgan fingerprint density at radius 2 is 1.88 bits per heavy atom. The van der Waals surface area contributed by atoms with E-state index in [1.807, 2.05) is 0 Å². The average molecular weight is 334 g/mol. The highest BCUT2D eigenvalue weighted by Crippen LogP contribution is 2.41. The molecule has 1 aliphatic carbocycles. The van der Waals surface area contributed by atoms with Crippen molar-refractivity contribution >= 4 is 5.69 Å². The summed E-state index contributed by atoms with van der Waals surface area (Å²) in [7, 11) is 2.85. The Hall–Kier alpha value is -2.68. The molecule has 0 spiro atoms. The molecule has 9 heteroatoms. The third-order valence-electron chi connectivity index (χ3n) is 4.30. The van der Waals surface area contributed by atoms with E-state index in [2.05, 4.69) is 10.1 Å². The minimum atomic E-state index is -0.632. The Kier molecular flexibility index (Phi) is 4.10. The SMILES string of the molecule is COc1cc(-c2nc(C3(N)CCCC3)no2)c([N+](=O)[O-])cc1OC. The van der Waals surface area contributed by atoms with Crippen LogP contribution in [0.1, 0.15) is 31.5 Å². The number of benzene rings is 1. The van der Waals surface area contributed by atoms with Gasteiger partial charge in [0.05, 0.1) is 30.7 Å². The van der Waals surface area contributed by atoms with Gasteiger partial charge in [0.15, 0.2) is 17.3 Å². The van der Waals surface area contributed by atoms with E-state index in [-0.39, 0.29) is 22.9 Å². The highest BCUT2D eigenvalue weighted by atomic mass is 16.6. The molecule has 0 unspecified atom stereocenters. The number of nitrogens with two attached hydrogens (primary N) is 1. The first kappa shape index (κ1) is 16.2. The fourth-order valence-electron chi connectivity index (χ4n) is 2.96. The minimum absolute atomic E-state index is 0.0365. The lowest BCUT2D eigenvalue weighted by Gasteiger charge is -2.17. The van der Waals surface area contributed by atoms with Crippen LogP contribution in [0.4, 0.5) is 5.69 Å². The number of nitrogens with zero attached hydrogens (tertiary/aromatic N) is 3. The molecule has 3 rings (SSSR count). The van der Waals surface area contributed by atoms with Crippen molar-refractivity contribution in [2.75, 3.05) is 14.2 Å². The molecule has 9 nitrogen and oxygen atoms in total. The maximum Gasteiger partial charge on any atom is 0.286 e. The van der Waals surface area contributed by atoms with Gasteiger partial charge in [-0.1, -0.05) is 18.0 Å². The predicted octanol–water partition coefficient (Wildman–Crippen LogP) is 2.39. The van der Waals surface area contributed by atoms with Crippen molar-refractivity contribution in [2.45, 2.75) is 31.2 Å². The van der Waals surface area contributed by atoms with Gasteiger partial charge in [-0.2, -0.15) is 4.98 Å². The van der Waals surface area contributed by atoms with E-state index < -0.39 is 10.5 Å². The molecule has 0 saturated heterocycles. The molecule has 0 bridgehead atoms. The lowest BCUT2D eigenvalue weighted by Crippen LogP contribution is -2.34. The zero-order valence-corrected chi connectivity index (χ0v) is 13.4. The Bertz CT molecular complexity index is 767. The molecule has 1 saturated carbocycles. The molecule has 2 aromatic rings. The molecule has 0 amide bonds. The van der Waals surface area contributed by atoms with Gasteiger partial charge in [-0.3, -0.25) is 10.1 Å². The fraction of sp³-hybridized carbons (Fsp3) is 0.467. The summed E-state index contributed by atoms with van der Waals surface area (Å²) < 4.78 is 15.6. The standard InChI is InChI=1S/C15H18N4O5/c1-22-11-7-9(10(19(20)21)8-12(11)23-2)13-17-14(18-24-13)15(16)5-3-4-6-15/h7-8H,3-6,16H2,1-2H3. The second-order valence-corrected chi connectivity index (χ2v) is 5.77. The topological polar surface area (TPSA) is 127 Å². The lowest BCUT2D eigenvalue weighted by atomic mass is 9.98. The Balaban J connectivity index is 2.08. The molecule has 128 valence electrons. The van der Waals surface area contributed by atoms with Crippen LogP contribution in [0.3, 0.4) is 0 Å². The molecule has 2 N–H and O–H groups in total. The summed E-state index contributed by atoms with van der Waals surface area (Å²) >= 11 is 0. The summed E-state index contributed by atoms with van der Waals surface area (Å²) in [5.74, 6) is 0.994. The van der Waals surface area contributed by atoms with E-state index in [1.54, 1.807) is 0 Å². The summed E-state index contributed by atoms with van der Waals surface area (Å²) in [5.41, 5.74) is 5.63. The molecule has 0 radical (unpaired) electrons. The van der Waals surface area contributed by atoms with E-state index in [9.17, 15) is 10.1 Å². The van der Waals surface area contributed by atoms with Crippen LogP contribution in [-0.2, 0) is 5.54 Å². The van der Waals surface area contributed by atoms with Crippen LogP contribution in [0, 0.1) is 10.1 Å². The third kappa shape index (κ3) is 2.67. The largest absolute Gasteiger partial charge is 0.493 e. The second-order valence-electron chi connectivity index (χ2n) is 5.77. The van der Waals surface area contributed by atoms with Crippen molar-refractivity contribution in [3.63, 3.8) is 0 Å². The zero-order chi connectivity index (χ0) is 17.3. The molecule has 0 atom stereocenters. The zero-order valence-electron chi connectivity index (χ0n) is 13.4. The molecule has 1 heterocycles. The van der Waals surface area contributed by atoms with E-state index >= 15 is 0 Å². The number of hydrogen-bond donors (Lipinski definition) is 1. The minimum Gasteiger partial charge on any atom is -0.493 e. The smallest absolute Gasteiger partial charge is 0.286 e. The predicted molar refractivity (Wildman–Crippen MR) is 83.8 cm³/mol. The fourth-order valence-corrected chi connectivity index (χ4v) is 2.96. The number of rotatable bonds is 5. The molecule has 1 aliphatic rings. The van der Waals surface area contributed by atoms with Crippen LogP contribution in [-0.4, -0.2) is 29.3 Å². The molecule has 1 aromatic heterocycles. The van der Waals surface area contributed by atoms with Crippen LogP contribution < -0.4 is 15.2 Å². The normalized spacial score (nSPS) is 16.1. The Morgan fingerprint density at radius 1 is 1.25 bits per heavy atom. The van der Waals surface area contributed by atoms with Crippen LogP contribution in [0.15, 0.2) is 16.7 Å². The number of aromatic nitrogens is 2. The van der Waals surface area contributed by atoms with Gasteiger partial charge >= 0.3 is 0 Å². The first-order valence-corrected chi connectivity index (χ1v) is 7.52. The van der Waals surface area contributed by atoms with Gasteiger partial charge in [0.2, 0.25) is 0 Å². The van der Waals surface area contributed by atoms with Crippen LogP contribution in [0.2, 0.25) is 0 Å². The maximum atomic E-state index is 11.4. The van der Waals surface area contributed by atoms with Crippen LogP contribution in [0.25, 0.3) is 11.5 Å². The summed E-state index contributed by atoms with van der Waals surface area (Å²) in [6.07, 6.45) is 3.52. The second kappa shape index (κ2) is 6.08. The van der Waals surface area contributed by atoms with Crippen molar-refractivity contribution in [3.8, 4) is 23.0 Å². The number of nitro groups is 1. The van der Waals surface area contributed by atoms with Crippen molar-refractivity contribution < 1.29 is 18.9 Å². The van der Waals surface area contributed by atoms with Gasteiger partial charge in [-0.15, -0.1) is 0 Å². The van der Waals surface area contributed by atoms with Crippen LogP contribution >= 0.6 is 0 Å². The van der Waals surface area contributed by atoms with Crippen molar-refractivity contribution in [3.05, 3.63) is 28.1 Å². The van der Waals surface area contributed by atoms with E-state index in [0.29, 0.717) is 11.6 Å². The van der Waals surface area contributed by atoms with Gasteiger partial charge in [0, 0.05) is 6.07 Å². The van der Waals surface area contributed by atoms with Crippen LogP contribution in [0.5, 0.6) is 11.5 Å². The Morgan fingerprint density at radius 3 is 2.46 bits per heavy atom. The monoisotopic (exact) mass is 334 g/mol. The lowest BCUT2D eigenvalue weighted by molar-refractivity contribution is -0.384. The van der Waals surface area contributed by atoms with Gasteiger partial charge in [-0.25, -0.2) is 0 Å². The van der Waals surface area contributed by atoms with E-state index in [0.717, 1.165) is 25.7 Å². The van der Waals surface area contributed by atoms with Crippen molar-refractivity contribution in [2.24, 2.45) is 5.73 Å². The van der Waals surface area contributed by atoms with Gasteiger partial charge in [0.1, 0.15) is 5.56 Å².